The van der Waals surface area contributed by atoms with E-state index in [2.05, 4.69) is 18.6 Å². The van der Waals surface area contributed by atoms with Crippen LogP contribution in [0.15, 0.2) is 58.3 Å². The SMILES string of the molecule is CSc1ccccc1NS(=O)(=O)c1ccc(C(C)C)cc1. The molecule has 0 fully saturated rings. The van der Waals surface area contributed by atoms with Crippen LogP contribution >= 0.6 is 11.8 Å². The Morgan fingerprint density at radius 3 is 2.19 bits per heavy atom. The van der Waals surface area contributed by atoms with Crippen LogP contribution in [0.4, 0.5) is 5.69 Å². The molecule has 21 heavy (non-hydrogen) atoms. The lowest BCUT2D eigenvalue weighted by atomic mass is 10.0. The maximum absolute atomic E-state index is 12.4. The number of thioether (sulfide) groups is 1. The van der Waals surface area contributed by atoms with Crippen molar-refractivity contribution in [1.82, 2.24) is 0 Å². The molecule has 0 aliphatic carbocycles. The van der Waals surface area contributed by atoms with Crippen molar-refractivity contribution in [2.45, 2.75) is 29.6 Å². The molecule has 0 aromatic heterocycles. The molecule has 2 rings (SSSR count). The van der Waals surface area contributed by atoms with Gasteiger partial charge in [-0.3, -0.25) is 4.72 Å². The molecule has 0 atom stereocenters. The van der Waals surface area contributed by atoms with Gasteiger partial charge < -0.3 is 0 Å². The molecule has 5 heteroatoms. The van der Waals surface area contributed by atoms with Crippen molar-refractivity contribution in [1.29, 1.82) is 0 Å². The highest BCUT2D eigenvalue weighted by molar-refractivity contribution is 7.99. The van der Waals surface area contributed by atoms with E-state index in [-0.39, 0.29) is 4.90 Å². The fourth-order valence-corrected chi connectivity index (χ4v) is 3.66. The average molecular weight is 321 g/mol. The van der Waals surface area contributed by atoms with E-state index in [9.17, 15) is 8.42 Å². The van der Waals surface area contributed by atoms with E-state index in [1.807, 2.05) is 36.6 Å². The lowest BCUT2D eigenvalue weighted by Gasteiger charge is -2.12. The van der Waals surface area contributed by atoms with Gasteiger partial charge in [0, 0.05) is 4.90 Å². The average Bonchev–Trinajstić information content (AvgIpc) is 2.47. The lowest BCUT2D eigenvalue weighted by molar-refractivity contribution is 0.601. The number of nitrogens with one attached hydrogen (secondary N) is 1. The van der Waals surface area contributed by atoms with Crippen LogP contribution in [0, 0.1) is 0 Å². The van der Waals surface area contributed by atoms with Gasteiger partial charge >= 0.3 is 0 Å². The van der Waals surface area contributed by atoms with E-state index in [4.69, 9.17) is 0 Å². The van der Waals surface area contributed by atoms with E-state index in [0.717, 1.165) is 10.5 Å². The summed E-state index contributed by atoms with van der Waals surface area (Å²) in [5, 5.41) is 0. The third-order valence-electron chi connectivity index (χ3n) is 3.21. The van der Waals surface area contributed by atoms with E-state index in [1.165, 1.54) is 11.8 Å². The van der Waals surface area contributed by atoms with Crippen LogP contribution in [0.25, 0.3) is 0 Å². The number of sulfonamides is 1. The highest BCUT2D eigenvalue weighted by Gasteiger charge is 2.15. The zero-order valence-corrected chi connectivity index (χ0v) is 14.0. The maximum Gasteiger partial charge on any atom is 0.261 e. The first-order chi connectivity index (χ1) is 9.94. The molecule has 0 bridgehead atoms. The number of benzene rings is 2. The topological polar surface area (TPSA) is 46.2 Å². The normalized spacial score (nSPS) is 11.6. The summed E-state index contributed by atoms with van der Waals surface area (Å²) in [4.78, 5) is 1.18. The van der Waals surface area contributed by atoms with Crippen LogP contribution in [0.5, 0.6) is 0 Å². The van der Waals surface area contributed by atoms with Crippen LogP contribution in [-0.2, 0) is 10.0 Å². The second kappa shape index (κ2) is 6.54. The van der Waals surface area contributed by atoms with Crippen molar-refractivity contribution >= 4 is 27.5 Å². The Kier molecular flexibility index (Phi) is 4.96. The van der Waals surface area contributed by atoms with E-state index in [1.54, 1.807) is 18.2 Å². The van der Waals surface area contributed by atoms with Gasteiger partial charge in [0.1, 0.15) is 0 Å². The minimum Gasteiger partial charge on any atom is -0.278 e. The lowest BCUT2D eigenvalue weighted by Crippen LogP contribution is -2.13. The standard InChI is InChI=1S/C16H19NO2S2/c1-12(2)13-8-10-14(11-9-13)21(18,19)17-15-6-4-5-7-16(15)20-3/h4-12,17H,1-3H3. The zero-order chi connectivity index (χ0) is 15.5. The van der Waals surface area contributed by atoms with Gasteiger partial charge in [0.15, 0.2) is 0 Å². The van der Waals surface area contributed by atoms with Crippen molar-refractivity contribution in [2.75, 3.05) is 11.0 Å². The maximum atomic E-state index is 12.4. The molecule has 0 radical (unpaired) electrons. The van der Waals surface area contributed by atoms with Crippen LogP contribution in [0.3, 0.4) is 0 Å². The first kappa shape index (κ1) is 15.9. The summed E-state index contributed by atoms with van der Waals surface area (Å²) in [7, 11) is -3.55. The molecular formula is C16H19NO2S2. The van der Waals surface area contributed by atoms with Crippen molar-refractivity contribution in [3.8, 4) is 0 Å². The van der Waals surface area contributed by atoms with Crippen LogP contribution in [0.2, 0.25) is 0 Å². The molecule has 3 nitrogen and oxygen atoms in total. The van der Waals surface area contributed by atoms with Crippen molar-refractivity contribution < 1.29 is 8.42 Å². The largest absolute Gasteiger partial charge is 0.278 e. The molecule has 0 amide bonds. The summed E-state index contributed by atoms with van der Waals surface area (Å²) < 4.78 is 27.5. The van der Waals surface area contributed by atoms with E-state index < -0.39 is 10.0 Å². The smallest absolute Gasteiger partial charge is 0.261 e. The molecule has 0 aliphatic rings. The summed E-state index contributed by atoms with van der Waals surface area (Å²) in [5.41, 5.74) is 1.73. The van der Waals surface area contributed by atoms with Gasteiger partial charge in [-0.2, -0.15) is 0 Å². The van der Waals surface area contributed by atoms with Gasteiger partial charge in [-0.05, 0) is 42.0 Å². The molecule has 0 saturated heterocycles. The zero-order valence-electron chi connectivity index (χ0n) is 12.3. The molecule has 1 N–H and O–H groups in total. The fraction of sp³-hybridized carbons (Fsp3) is 0.250. The van der Waals surface area contributed by atoms with Gasteiger partial charge in [0.05, 0.1) is 10.6 Å². The Morgan fingerprint density at radius 1 is 1.00 bits per heavy atom. The Hall–Kier alpha value is -1.46. The second-order valence-corrected chi connectivity index (χ2v) is 7.56. The highest BCUT2D eigenvalue weighted by Crippen LogP contribution is 2.27. The van der Waals surface area contributed by atoms with Gasteiger partial charge in [0.25, 0.3) is 10.0 Å². The summed E-state index contributed by atoms with van der Waals surface area (Å²) in [6.45, 7) is 4.16. The number of hydrogen-bond acceptors (Lipinski definition) is 3. The predicted molar refractivity (Wildman–Crippen MR) is 89.6 cm³/mol. The molecular weight excluding hydrogens is 302 g/mol. The number of rotatable bonds is 5. The van der Waals surface area contributed by atoms with Crippen molar-refractivity contribution in [2.24, 2.45) is 0 Å². The Bertz CT molecular complexity index is 707. The number of anilines is 1. The molecule has 0 heterocycles. The Labute approximate surface area is 130 Å². The summed E-state index contributed by atoms with van der Waals surface area (Å²) in [5.74, 6) is 0.381. The van der Waals surface area contributed by atoms with E-state index >= 15 is 0 Å². The van der Waals surface area contributed by atoms with Crippen LogP contribution in [-0.4, -0.2) is 14.7 Å². The predicted octanol–water partition coefficient (Wildman–Crippen LogP) is 4.33. The molecule has 0 unspecified atom stereocenters. The number of hydrogen-bond donors (Lipinski definition) is 1. The fourth-order valence-electron chi connectivity index (χ4n) is 1.96. The van der Waals surface area contributed by atoms with E-state index in [0.29, 0.717) is 11.6 Å². The van der Waals surface area contributed by atoms with Crippen molar-refractivity contribution in [3.05, 3.63) is 54.1 Å². The van der Waals surface area contributed by atoms with Gasteiger partial charge in [-0.25, -0.2) is 8.42 Å². The monoisotopic (exact) mass is 321 g/mol. The molecule has 0 aliphatic heterocycles. The minimum absolute atomic E-state index is 0.280. The minimum atomic E-state index is -3.55. The number of para-hydroxylation sites is 1. The third kappa shape index (κ3) is 3.80. The molecule has 2 aromatic carbocycles. The van der Waals surface area contributed by atoms with Crippen LogP contribution in [0.1, 0.15) is 25.3 Å². The Morgan fingerprint density at radius 2 is 1.62 bits per heavy atom. The van der Waals surface area contributed by atoms with Crippen molar-refractivity contribution in [3.63, 3.8) is 0 Å². The molecule has 0 saturated carbocycles. The highest BCUT2D eigenvalue weighted by atomic mass is 32.2. The van der Waals surface area contributed by atoms with Gasteiger partial charge in [-0.15, -0.1) is 11.8 Å². The quantitative estimate of drug-likeness (QED) is 0.834. The summed E-state index contributed by atoms with van der Waals surface area (Å²) >= 11 is 1.51. The Balaban J connectivity index is 2.30. The first-order valence-electron chi connectivity index (χ1n) is 6.70. The first-order valence-corrected chi connectivity index (χ1v) is 9.40. The molecule has 0 spiro atoms. The third-order valence-corrected chi connectivity index (χ3v) is 5.39. The molecule has 2 aromatic rings. The van der Waals surface area contributed by atoms with Gasteiger partial charge in [0.2, 0.25) is 0 Å². The second-order valence-electron chi connectivity index (χ2n) is 5.03. The van der Waals surface area contributed by atoms with Gasteiger partial charge in [-0.1, -0.05) is 38.1 Å². The summed E-state index contributed by atoms with van der Waals surface area (Å²) in [6.07, 6.45) is 1.92. The van der Waals surface area contributed by atoms with Crippen LogP contribution < -0.4 is 4.72 Å². The molecule has 112 valence electrons. The summed E-state index contributed by atoms with van der Waals surface area (Å²) in [6, 6.07) is 14.4.